The van der Waals surface area contributed by atoms with Crippen LogP contribution in [0.2, 0.25) is 0 Å². The van der Waals surface area contributed by atoms with Crippen LogP contribution in [0.25, 0.3) is 0 Å². The van der Waals surface area contributed by atoms with Gasteiger partial charge in [0.25, 0.3) is 0 Å². The summed E-state index contributed by atoms with van der Waals surface area (Å²) in [6.45, 7) is 3.58. The molecule has 3 rings (SSSR count). The highest BCUT2D eigenvalue weighted by molar-refractivity contribution is 5.90. The largest absolute Gasteiger partial charge is 0.480 e. The van der Waals surface area contributed by atoms with Crippen molar-refractivity contribution in [1.29, 1.82) is 0 Å². The third-order valence-electron chi connectivity index (χ3n) is 5.92. The number of carbonyl (C=O) groups is 4. The maximum absolute atomic E-state index is 13.3. The fraction of sp³-hybridized carbons (Fsp3) is 0.385. The van der Waals surface area contributed by atoms with Crippen molar-refractivity contribution in [2.45, 2.75) is 51.9 Å². The van der Waals surface area contributed by atoms with Crippen molar-refractivity contribution in [1.82, 2.24) is 10.2 Å². The quantitative estimate of drug-likeness (QED) is 0.527. The molecule has 0 fully saturated rings. The van der Waals surface area contributed by atoms with E-state index in [1.807, 2.05) is 54.6 Å². The van der Waals surface area contributed by atoms with Crippen LogP contribution in [0.3, 0.4) is 0 Å². The molecule has 2 aromatic rings. The Morgan fingerprint density at radius 3 is 2.34 bits per heavy atom. The number of hydrogen-bond acceptors (Lipinski definition) is 6. The van der Waals surface area contributed by atoms with Crippen LogP contribution in [-0.2, 0) is 43.4 Å². The van der Waals surface area contributed by atoms with Crippen LogP contribution in [0.4, 0.5) is 4.79 Å². The van der Waals surface area contributed by atoms with Crippen LogP contribution in [0.1, 0.15) is 37.0 Å². The molecule has 9 heteroatoms. The van der Waals surface area contributed by atoms with Gasteiger partial charge in [-0.2, -0.15) is 0 Å². The van der Waals surface area contributed by atoms with Gasteiger partial charge in [-0.1, -0.05) is 61.5 Å². The smallest absolute Gasteiger partial charge is 0.411 e. The van der Waals surface area contributed by atoms with E-state index >= 15 is 0 Å². The summed E-state index contributed by atoms with van der Waals surface area (Å²) in [6, 6.07) is 14.3. The Balaban J connectivity index is 1.77. The van der Waals surface area contributed by atoms with E-state index in [9.17, 15) is 24.3 Å². The molecule has 0 aromatic heterocycles. The summed E-state index contributed by atoms with van der Waals surface area (Å²) in [4.78, 5) is 51.4. The zero-order valence-electron chi connectivity index (χ0n) is 19.8. The highest BCUT2D eigenvalue weighted by atomic mass is 16.6. The Hall–Kier alpha value is -3.88. The van der Waals surface area contributed by atoms with E-state index in [2.05, 4.69) is 5.32 Å². The van der Waals surface area contributed by atoms with Crippen molar-refractivity contribution in [3.8, 4) is 0 Å². The van der Waals surface area contributed by atoms with Crippen molar-refractivity contribution < 1.29 is 33.8 Å². The van der Waals surface area contributed by atoms with Gasteiger partial charge in [-0.05, 0) is 29.5 Å². The monoisotopic (exact) mass is 482 g/mol. The molecule has 0 spiro atoms. The molecule has 0 aliphatic carbocycles. The Bertz CT molecular complexity index is 1060. The molecular weight excluding hydrogens is 452 g/mol. The lowest BCUT2D eigenvalue weighted by Gasteiger charge is -2.36. The van der Waals surface area contributed by atoms with Crippen molar-refractivity contribution in [3.63, 3.8) is 0 Å². The fourth-order valence-corrected chi connectivity index (χ4v) is 4.05. The molecule has 2 aromatic carbocycles. The Morgan fingerprint density at radius 2 is 1.69 bits per heavy atom. The molecule has 0 unspecified atom stereocenters. The highest BCUT2D eigenvalue weighted by Gasteiger charge is 2.38. The summed E-state index contributed by atoms with van der Waals surface area (Å²) in [5, 5.41) is 12.2. The third-order valence-corrected chi connectivity index (χ3v) is 5.92. The van der Waals surface area contributed by atoms with Gasteiger partial charge in [0.1, 0.15) is 18.7 Å². The molecule has 1 heterocycles. The molecule has 2 amide bonds. The minimum Gasteiger partial charge on any atom is -0.480 e. The summed E-state index contributed by atoms with van der Waals surface area (Å²) >= 11 is 0. The number of rotatable bonds is 9. The second-order valence-corrected chi connectivity index (χ2v) is 8.47. The van der Waals surface area contributed by atoms with Crippen molar-refractivity contribution in [3.05, 3.63) is 71.3 Å². The lowest BCUT2D eigenvalue weighted by molar-refractivity contribution is -0.147. The maximum atomic E-state index is 13.3. The van der Waals surface area contributed by atoms with Crippen molar-refractivity contribution >= 4 is 23.9 Å². The van der Waals surface area contributed by atoms with Gasteiger partial charge in [0.15, 0.2) is 0 Å². The molecule has 3 atom stereocenters. The number of benzene rings is 2. The molecule has 1 aliphatic rings. The van der Waals surface area contributed by atoms with Crippen LogP contribution in [0, 0.1) is 5.92 Å². The van der Waals surface area contributed by atoms with E-state index in [4.69, 9.17) is 9.47 Å². The molecular formula is C26H30N2O7. The van der Waals surface area contributed by atoms with Gasteiger partial charge >= 0.3 is 18.0 Å². The molecule has 186 valence electrons. The van der Waals surface area contributed by atoms with Gasteiger partial charge in [0.05, 0.1) is 19.6 Å². The first-order valence-electron chi connectivity index (χ1n) is 11.5. The van der Waals surface area contributed by atoms with Crippen LogP contribution in [0.15, 0.2) is 54.6 Å². The average Bonchev–Trinajstić information content (AvgIpc) is 2.85. The van der Waals surface area contributed by atoms with E-state index in [1.165, 1.54) is 4.90 Å². The minimum absolute atomic E-state index is 0.0421. The Kier molecular flexibility index (Phi) is 8.83. The standard InChI is InChI=1S/C26H30N2O7/c1-3-34-22(29)13-17(2)23(25(31)32)27-24(30)21-14-19-11-7-8-12-20(19)15-28(21)26(33)35-16-18-9-5-4-6-10-18/h4-12,17,21,23H,3,13-16H2,1-2H3,(H,27,30)(H,31,32)/t17-,21-,23-/m0/s1. The summed E-state index contributed by atoms with van der Waals surface area (Å²) in [5.74, 6) is -3.16. The molecule has 0 bridgehead atoms. The highest BCUT2D eigenvalue weighted by Crippen LogP contribution is 2.25. The molecule has 0 saturated carbocycles. The molecule has 0 saturated heterocycles. The second kappa shape index (κ2) is 12.0. The first-order chi connectivity index (χ1) is 16.8. The molecule has 9 nitrogen and oxygen atoms in total. The Morgan fingerprint density at radius 1 is 1.03 bits per heavy atom. The molecule has 35 heavy (non-hydrogen) atoms. The number of esters is 1. The van der Waals surface area contributed by atoms with Gasteiger partial charge < -0.3 is 19.9 Å². The summed E-state index contributed by atoms with van der Waals surface area (Å²) in [6.07, 6.45) is -0.627. The predicted octanol–water partition coefficient (Wildman–Crippen LogP) is 2.91. The first-order valence-corrected chi connectivity index (χ1v) is 11.5. The lowest BCUT2D eigenvalue weighted by Crippen LogP contribution is -2.56. The number of carboxylic acids is 1. The van der Waals surface area contributed by atoms with E-state index in [-0.39, 0.29) is 32.6 Å². The summed E-state index contributed by atoms with van der Waals surface area (Å²) in [5.41, 5.74) is 2.59. The zero-order valence-corrected chi connectivity index (χ0v) is 19.8. The summed E-state index contributed by atoms with van der Waals surface area (Å²) < 4.78 is 10.4. The fourth-order valence-electron chi connectivity index (χ4n) is 4.05. The van der Waals surface area contributed by atoms with E-state index in [0.29, 0.717) is 0 Å². The average molecular weight is 483 g/mol. The van der Waals surface area contributed by atoms with Gasteiger partial charge in [-0.3, -0.25) is 14.5 Å². The van der Waals surface area contributed by atoms with Gasteiger partial charge in [-0.25, -0.2) is 9.59 Å². The second-order valence-electron chi connectivity index (χ2n) is 8.47. The molecule has 0 radical (unpaired) electrons. The number of carbonyl (C=O) groups excluding carboxylic acids is 3. The first kappa shape index (κ1) is 25.7. The number of nitrogens with zero attached hydrogens (tertiary/aromatic N) is 1. The zero-order chi connectivity index (χ0) is 25.4. The molecule has 1 aliphatic heterocycles. The van der Waals surface area contributed by atoms with Gasteiger partial charge in [0, 0.05) is 6.42 Å². The van der Waals surface area contributed by atoms with Gasteiger partial charge in [-0.15, -0.1) is 0 Å². The SMILES string of the molecule is CCOC(=O)C[C@H](C)[C@H](NC(=O)[C@@H]1Cc2ccccc2CN1C(=O)OCc1ccccc1)C(=O)O. The number of fused-ring (bicyclic) bond motifs is 1. The van der Waals surface area contributed by atoms with Gasteiger partial charge in [0.2, 0.25) is 5.91 Å². The number of amides is 2. The minimum atomic E-state index is -1.33. The molecule has 2 N–H and O–H groups in total. The van der Waals surface area contributed by atoms with Crippen LogP contribution >= 0.6 is 0 Å². The van der Waals surface area contributed by atoms with E-state index < -0.39 is 41.9 Å². The topological polar surface area (TPSA) is 122 Å². The van der Waals surface area contributed by atoms with Crippen molar-refractivity contribution in [2.24, 2.45) is 5.92 Å². The lowest BCUT2D eigenvalue weighted by atomic mass is 9.92. The van der Waals surface area contributed by atoms with Crippen molar-refractivity contribution in [2.75, 3.05) is 6.61 Å². The van der Waals surface area contributed by atoms with Crippen LogP contribution in [0.5, 0.6) is 0 Å². The third kappa shape index (κ3) is 6.81. The van der Waals surface area contributed by atoms with Crippen LogP contribution < -0.4 is 5.32 Å². The number of ether oxygens (including phenoxy) is 2. The summed E-state index contributed by atoms with van der Waals surface area (Å²) in [7, 11) is 0. The maximum Gasteiger partial charge on any atom is 0.411 e. The number of carboxylic acid groups (broad SMARTS) is 1. The van der Waals surface area contributed by atoms with E-state index in [0.717, 1.165) is 16.7 Å². The normalized spacial score (nSPS) is 16.4. The number of aliphatic carboxylic acids is 1. The van der Waals surface area contributed by atoms with E-state index in [1.54, 1.807) is 13.8 Å². The number of hydrogen-bond donors (Lipinski definition) is 2. The van der Waals surface area contributed by atoms with Crippen LogP contribution in [-0.4, -0.2) is 52.6 Å². The number of nitrogens with one attached hydrogen (secondary N) is 1. The Labute approximate surface area is 204 Å². The predicted molar refractivity (Wildman–Crippen MR) is 126 cm³/mol.